The highest BCUT2D eigenvalue weighted by atomic mass is 19.4. The van der Waals surface area contributed by atoms with E-state index in [1.807, 2.05) is 6.07 Å². The van der Waals surface area contributed by atoms with E-state index >= 15 is 0 Å². The molecule has 2 heterocycles. The molecule has 3 fully saturated rings. The van der Waals surface area contributed by atoms with Crippen molar-refractivity contribution < 1.29 is 45.9 Å². The molecule has 2 aliphatic heterocycles. The number of ether oxygens (including phenoxy) is 1. The van der Waals surface area contributed by atoms with Gasteiger partial charge in [0.2, 0.25) is 17.4 Å². The Bertz CT molecular complexity index is 1360. The molecule has 0 radical (unpaired) electrons. The van der Waals surface area contributed by atoms with Crippen LogP contribution in [0.4, 0.5) is 27.6 Å². The molecule has 226 valence electrons. The minimum Gasteiger partial charge on any atom is -0.473 e. The zero-order valence-corrected chi connectivity index (χ0v) is 22.5. The number of fused-ring (bicyclic) bond motifs is 1. The van der Waals surface area contributed by atoms with Crippen molar-refractivity contribution in [2.45, 2.75) is 74.8 Å². The monoisotopic (exact) mass is 597 g/mol. The van der Waals surface area contributed by atoms with Gasteiger partial charge in [0.25, 0.3) is 5.91 Å². The normalized spacial score (nSPS) is 24.6. The predicted molar refractivity (Wildman–Crippen MR) is 133 cm³/mol. The van der Waals surface area contributed by atoms with Gasteiger partial charge in [-0.15, -0.1) is 0 Å². The second-order valence-corrected chi connectivity index (χ2v) is 11.5. The fraction of sp³-hybridized carbons (Fsp3) is 0.593. The summed E-state index contributed by atoms with van der Waals surface area (Å²) in [5.74, 6) is -7.08. The Morgan fingerprint density at radius 2 is 1.83 bits per heavy atom. The highest BCUT2D eigenvalue weighted by Gasteiger charge is 2.57. The number of likely N-dealkylation sites (N-methyl/N-ethyl adjacent to an activating group) is 1. The number of amides is 4. The van der Waals surface area contributed by atoms with Crippen molar-refractivity contribution in [1.82, 2.24) is 15.1 Å². The zero-order chi connectivity index (χ0) is 30.6. The maximum Gasteiger partial charge on any atom is 0.471 e. The van der Waals surface area contributed by atoms with Crippen LogP contribution < -0.4 is 15.4 Å². The summed E-state index contributed by atoms with van der Waals surface area (Å²) in [4.78, 5) is 54.3. The largest absolute Gasteiger partial charge is 0.473 e. The number of anilines is 1. The summed E-state index contributed by atoms with van der Waals surface area (Å²) in [5.41, 5.74) is -2.24. The number of nitrogens with one attached hydrogen (secondary N) is 2. The summed E-state index contributed by atoms with van der Waals surface area (Å²) in [6, 6.07) is -0.590. The van der Waals surface area contributed by atoms with Gasteiger partial charge in [-0.25, -0.2) is 8.78 Å². The molecule has 4 amide bonds. The lowest BCUT2D eigenvalue weighted by Crippen LogP contribution is -2.58. The molecule has 1 aromatic rings. The first-order chi connectivity index (χ1) is 19.7. The molecule has 1 saturated heterocycles. The van der Waals surface area contributed by atoms with Crippen molar-refractivity contribution in [3.63, 3.8) is 0 Å². The first kappa shape index (κ1) is 29.5. The topological polar surface area (TPSA) is 132 Å². The lowest BCUT2D eigenvalue weighted by Gasteiger charge is -2.36. The van der Waals surface area contributed by atoms with E-state index in [0.29, 0.717) is 18.9 Å². The Balaban J connectivity index is 1.39. The van der Waals surface area contributed by atoms with Gasteiger partial charge in [0.15, 0.2) is 11.6 Å². The van der Waals surface area contributed by atoms with Crippen LogP contribution in [0.2, 0.25) is 0 Å². The summed E-state index contributed by atoms with van der Waals surface area (Å²) in [6.45, 7) is -0.479. The molecule has 4 atom stereocenters. The summed E-state index contributed by atoms with van der Waals surface area (Å²) in [6.07, 6.45) is -2.52. The fourth-order valence-corrected chi connectivity index (χ4v) is 5.53. The molecule has 0 unspecified atom stereocenters. The second-order valence-electron chi connectivity index (χ2n) is 11.5. The standard InChI is InChI=1S/C27H28F5N5O5/c1-36(22(38)18(6-13-2-3-13)34-25(41)27(30,31)32)19(7-14-4-5-14)23(39)37-12-26(10-16(37)11-33)24(40)35-21-17(29)8-15(28)9-20(21)42-26/h8-9,13-14,16,18-19H,2-7,10,12H2,1H3,(H,34,41)(H,35,40)/t16-,18-,19-,26+/m0/s1. The average molecular weight is 598 g/mol. The summed E-state index contributed by atoms with van der Waals surface area (Å²) in [5, 5.41) is 14.0. The smallest absolute Gasteiger partial charge is 0.471 e. The minimum atomic E-state index is -5.21. The highest BCUT2D eigenvalue weighted by Crippen LogP contribution is 2.43. The van der Waals surface area contributed by atoms with Gasteiger partial charge < -0.3 is 25.2 Å². The lowest BCUT2D eigenvalue weighted by atomic mass is 9.97. The molecule has 0 aromatic heterocycles. The summed E-state index contributed by atoms with van der Waals surface area (Å²) >= 11 is 0. The Hall–Kier alpha value is -3.96. The third-order valence-corrected chi connectivity index (χ3v) is 8.21. The van der Waals surface area contributed by atoms with E-state index in [1.54, 1.807) is 5.32 Å². The molecule has 2 aliphatic carbocycles. The number of benzene rings is 1. The number of halogens is 5. The fourth-order valence-electron chi connectivity index (χ4n) is 5.53. The number of nitriles is 1. The number of hydrogen-bond donors (Lipinski definition) is 2. The maximum absolute atomic E-state index is 14.2. The quantitative estimate of drug-likeness (QED) is 0.443. The van der Waals surface area contributed by atoms with Crippen LogP contribution in [-0.4, -0.2) is 76.9 Å². The molecule has 42 heavy (non-hydrogen) atoms. The van der Waals surface area contributed by atoms with Gasteiger partial charge in [-0.05, 0) is 24.7 Å². The van der Waals surface area contributed by atoms with Gasteiger partial charge >= 0.3 is 12.1 Å². The molecule has 15 heteroatoms. The molecular formula is C27H28F5N5O5. The second kappa shape index (κ2) is 10.7. The Morgan fingerprint density at radius 3 is 2.43 bits per heavy atom. The summed E-state index contributed by atoms with van der Waals surface area (Å²) < 4.78 is 72.9. The van der Waals surface area contributed by atoms with Gasteiger partial charge in [0.1, 0.15) is 29.6 Å². The van der Waals surface area contributed by atoms with Crippen LogP contribution in [0.5, 0.6) is 5.75 Å². The molecular weight excluding hydrogens is 569 g/mol. The molecule has 2 N–H and O–H groups in total. The molecule has 10 nitrogen and oxygen atoms in total. The highest BCUT2D eigenvalue weighted by molar-refractivity contribution is 6.02. The van der Waals surface area contributed by atoms with Gasteiger partial charge in [0, 0.05) is 25.6 Å². The van der Waals surface area contributed by atoms with Crippen LogP contribution in [0.15, 0.2) is 12.1 Å². The number of carbonyl (C=O) groups excluding carboxylic acids is 4. The first-order valence-corrected chi connectivity index (χ1v) is 13.6. The molecule has 1 spiro atoms. The van der Waals surface area contributed by atoms with Crippen molar-refractivity contribution >= 4 is 29.3 Å². The molecule has 4 aliphatic rings. The van der Waals surface area contributed by atoms with Gasteiger partial charge in [-0.1, -0.05) is 25.7 Å². The van der Waals surface area contributed by atoms with Crippen molar-refractivity contribution in [3.05, 3.63) is 23.8 Å². The summed E-state index contributed by atoms with van der Waals surface area (Å²) in [7, 11) is 1.26. The van der Waals surface area contributed by atoms with Crippen molar-refractivity contribution in [2.75, 3.05) is 18.9 Å². The maximum atomic E-state index is 14.2. The van der Waals surface area contributed by atoms with Crippen LogP contribution in [0.1, 0.15) is 44.9 Å². The van der Waals surface area contributed by atoms with Crippen LogP contribution in [0.3, 0.4) is 0 Å². The molecule has 1 aromatic carbocycles. The SMILES string of the molecule is CN(C(=O)[C@H](CC1CC1)NC(=O)C(F)(F)F)[C@@H](CC1CC1)C(=O)N1C[C@@]2(C[C@H]1C#N)Oc1cc(F)cc(F)c1NC2=O. The third-order valence-electron chi connectivity index (χ3n) is 8.21. The van der Waals surface area contributed by atoms with Gasteiger partial charge in [-0.3, -0.25) is 19.2 Å². The van der Waals surface area contributed by atoms with Crippen molar-refractivity contribution in [3.8, 4) is 11.8 Å². The van der Waals surface area contributed by atoms with E-state index in [0.717, 1.165) is 28.7 Å². The Kier molecular flexibility index (Phi) is 7.53. The van der Waals surface area contributed by atoms with Crippen LogP contribution in [-0.2, 0) is 19.2 Å². The number of rotatable bonds is 8. The van der Waals surface area contributed by atoms with E-state index < -0.39 is 71.7 Å². The van der Waals surface area contributed by atoms with E-state index in [4.69, 9.17) is 4.74 Å². The lowest BCUT2D eigenvalue weighted by molar-refractivity contribution is -0.175. The predicted octanol–water partition coefficient (Wildman–Crippen LogP) is 2.63. The minimum absolute atomic E-state index is 0.0243. The third kappa shape index (κ3) is 5.84. The first-order valence-electron chi connectivity index (χ1n) is 13.6. The number of carbonyl (C=O) groups is 4. The Morgan fingerprint density at radius 1 is 1.19 bits per heavy atom. The van der Waals surface area contributed by atoms with Crippen LogP contribution in [0.25, 0.3) is 0 Å². The average Bonchev–Trinajstić information content (AvgIpc) is 3.86. The zero-order valence-electron chi connectivity index (χ0n) is 22.5. The van der Waals surface area contributed by atoms with Crippen LogP contribution in [0, 0.1) is 34.8 Å². The molecule has 0 bridgehead atoms. The van der Waals surface area contributed by atoms with E-state index in [2.05, 4.69) is 5.32 Å². The van der Waals surface area contributed by atoms with Crippen molar-refractivity contribution in [2.24, 2.45) is 11.8 Å². The number of likely N-dealkylation sites (tertiary alicyclic amines) is 1. The number of alkyl halides is 3. The van der Waals surface area contributed by atoms with Crippen LogP contribution >= 0.6 is 0 Å². The van der Waals surface area contributed by atoms with Gasteiger partial charge in [0.05, 0.1) is 12.6 Å². The Labute approximate surface area is 237 Å². The van der Waals surface area contributed by atoms with Gasteiger partial charge in [-0.2, -0.15) is 18.4 Å². The molecule has 5 rings (SSSR count). The number of hydrogen-bond acceptors (Lipinski definition) is 6. The number of nitrogens with zero attached hydrogens (tertiary/aromatic N) is 3. The van der Waals surface area contributed by atoms with E-state index in [9.17, 15) is 46.4 Å². The van der Waals surface area contributed by atoms with E-state index in [1.165, 1.54) is 7.05 Å². The van der Waals surface area contributed by atoms with Crippen molar-refractivity contribution in [1.29, 1.82) is 5.26 Å². The van der Waals surface area contributed by atoms with E-state index in [-0.39, 0.29) is 42.5 Å². The molecule has 2 saturated carbocycles.